The lowest BCUT2D eigenvalue weighted by molar-refractivity contribution is -0.118. The van der Waals surface area contributed by atoms with Gasteiger partial charge >= 0.3 is 0 Å². The zero-order valence-electron chi connectivity index (χ0n) is 11.5. The zero-order chi connectivity index (χ0) is 14.1. The quantitative estimate of drug-likeness (QED) is 0.924. The van der Waals surface area contributed by atoms with E-state index in [1.165, 1.54) is 5.56 Å². The predicted octanol–water partition coefficient (Wildman–Crippen LogP) is 2.81. The van der Waals surface area contributed by atoms with E-state index in [2.05, 4.69) is 23.3 Å². The van der Waals surface area contributed by atoms with Crippen molar-refractivity contribution < 1.29 is 9.21 Å². The number of thioether (sulfide) groups is 1. The molecule has 0 fully saturated rings. The molecule has 5 heteroatoms. The number of hydrogen-bond acceptors (Lipinski definition) is 4. The second kappa shape index (κ2) is 5.32. The van der Waals surface area contributed by atoms with E-state index in [0.29, 0.717) is 6.42 Å². The summed E-state index contributed by atoms with van der Waals surface area (Å²) in [5.74, 6) is 0.905. The Kier molecular flexibility index (Phi) is 3.53. The molecule has 2 heterocycles. The van der Waals surface area contributed by atoms with Crippen LogP contribution in [0.25, 0.3) is 11.0 Å². The Morgan fingerprint density at radius 3 is 3.05 bits per heavy atom. The Morgan fingerprint density at radius 1 is 1.45 bits per heavy atom. The maximum Gasteiger partial charge on any atom is 0.230 e. The molecule has 0 bridgehead atoms. The third kappa shape index (κ3) is 2.45. The van der Waals surface area contributed by atoms with Crippen LogP contribution in [0.4, 0.5) is 0 Å². The van der Waals surface area contributed by atoms with Gasteiger partial charge in [-0.2, -0.15) is 0 Å². The molecular formula is C15H16N2O2S. The smallest absolute Gasteiger partial charge is 0.230 e. The maximum atomic E-state index is 12.0. The fraction of sp³-hybridized carbons (Fsp3) is 0.333. The highest BCUT2D eigenvalue weighted by molar-refractivity contribution is 8.14. The number of amides is 1. The van der Waals surface area contributed by atoms with Crippen LogP contribution in [0.3, 0.4) is 0 Å². The van der Waals surface area contributed by atoms with E-state index in [-0.39, 0.29) is 5.91 Å². The average molecular weight is 288 g/mol. The van der Waals surface area contributed by atoms with E-state index in [1.807, 2.05) is 13.0 Å². The fourth-order valence-electron chi connectivity index (χ4n) is 2.27. The van der Waals surface area contributed by atoms with Gasteiger partial charge in [0.1, 0.15) is 5.58 Å². The SMILES string of the molecule is Cc1ccc2c(CC(=O)NC3=NCCS3)coc2c1C. The second-order valence-electron chi connectivity index (χ2n) is 4.91. The van der Waals surface area contributed by atoms with Crippen LogP contribution < -0.4 is 5.32 Å². The number of hydrogen-bond donors (Lipinski definition) is 1. The van der Waals surface area contributed by atoms with Gasteiger partial charge in [0, 0.05) is 16.7 Å². The van der Waals surface area contributed by atoms with Crippen LogP contribution in [0, 0.1) is 13.8 Å². The van der Waals surface area contributed by atoms with Crippen molar-refractivity contribution in [2.24, 2.45) is 4.99 Å². The summed E-state index contributed by atoms with van der Waals surface area (Å²) < 4.78 is 5.62. The van der Waals surface area contributed by atoms with Crippen LogP contribution in [-0.4, -0.2) is 23.4 Å². The number of nitrogens with zero attached hydrogens (tertiary/aromatic N) is 1. The molecular weight excluding hydrogens is 272 g/mol. The average Bonchev–Trinajstić information content (AvgIpc) is 3.04. The molecule has 0 atom stereocenters. The first-order valence-electron chi connectivity index (χ1n) is 6.58. The lowest BCUT2D eigenvalue weighted by atomic mass is 10.0. The number of carbonyl (C=O) groups excluding carboxylic acids is 1. The lowest BCUT2D eigenvalue weighted by Crippen LogP contribution is -2.28. The molecule has 0 aliphatic carbocycles. The van der Waals surface area contributed by atoms with Gasteiger partial charge in [-0.3, -0.25) is 9.79 Å². The van der Waals surface area contributed by atoms with Crippen molar-refractivity contribution >= 4 is 33.8 Å². The van der Waals surface area contributed by atoms with E-state index >= 15 is 0 Å². The summed E-state index contributed by atoms with van der Waals surface area (Å²) >= 11 is 1.59. The van der Waals surface area contributed by atoms with Crippen molar-refractivity contribution in [2.75, 3.05) is 12.3 Å². The van der Waals surface area contributed by atoms with Gasteiger partial charge < -0.3 is 9.73 Å². The van der Waals surface area contributed by atoms with Crippen molar-refractivity contribution in [3.05, 3.63) is 35.1 Å². The number of aliphatic imine (C=N–C) groups is 1. The summed E-state index contributed by atoms with van der Waals surface area (Å²) in [5, 5.41) is 4.59. The molecule has 1 N–H and O–H groups in total. The summed E-state index contributed by atoms with van der Waals surface area (Å²) in [6, 6.07) is 4.08. The fourth-order valence-corrected chi connectivity index (χ4v) is 3.02. The van der Waals surface area contributed by atoms with Crippen LogP contribution in [0.1, 0.15) is 16.7 Å². The van der Waals surface area contributed by atoms with E-state index in [0.717, 1.165) is 39.6 Å². The summed E-state index contributed by atoms with van der Waals surface area (Å²) in [6.07, 6.45) is 2.00. The summed E-state index contributed by atoms with van der Waals surface area (Å²) in [5.41, 5.74) is 4.12. The Bertz CT molecular complexity index is 703. The van der Waals surface area contributed by atoms with Crippen molar-refractivity contribution in [3.63, 3.8) is 0 Å². The highest BCUT2D eigenvalue weighted by atomic mass is 32.2. The Hall–Kier alpha value is -1.75. The number of aryl methyl sites for hydroxylation is 2. The monoisotopic (exact) mass is 288 g/mol. The van der Waals surface area contributed by atoms with Gasteiger partial charge in [-0.25, -0.2) is 0 Å². The maximum absolute atomic E-state index is 12.0. The number of rotatable bonds is 2. The number of nitrogens with one attached hydrogen (secondary N) is 1. The lowest BCUT2D eigenvalue weighted by Gasteiger charge is -2.03. The van der Waals surface area contributed by atoms with Crippen molar-refractivity contribution in [2.45, 2.75) is 20.3 Å². The third-order valence-corrected chi connectivity index (χ3v) is 4.42. The topological polar surface area (TPSA) is 54.6 Å². The molecule has 1 amide bonds. The number of furan rings is 1. The number of benzene rings is 1. The van der Waals surface area contributed by atoms with Gasteiger partial charge in [0.15, 0.2) is 5.17 Å². The molecule has 0 saturated heterocycles. The zero-order valence-corrected chi connectivity index (χ0v) is 12.3. The predicted molar refractivity (Wildman–Crippen MR) is 82.3 cm³/mol. The van der Waals surface area contributed by atoms with Crippen LogP contribution >= 0.6 is 11.8 Å². The molecule has 1 aromatic carbocycles. The molecule has 1 aromatic heterocycles. The van der Waals surface area contributed by atoms with Gasteiger partial charge in [-0.05, 0) is 25.0 Å². The molecule has 2 aromatic rings. The first kappa shape index (κ1) is 13.2. The van der Waals surface area contributed by atoms with E-state index < -0.39 is 0 Å². The molecule has 4 nitrogen and oxygen atoms in total. The Labute approximate surface area is 121 Å². The summed E-state index contributed by atoms with van der Waals surface area (Å²) in [7, 11) is 0. The minimum Gasteiger partial charge on any atom is -0.464 e. The van der Waals surface area contributed by atoms with Gasteiger partial charge in [-0.1, -0.05) is 23.9 Å². The highest BCUT2D eigenvalue weighted by Crippen LogP contribution is 2.26. The van der Waals surface area contributed by atoms with Crippen LogP contribution in [-0.2, 0) is 11.2 Å². The molecule has 104 valence electrons. The first-order valence-corrected chi connectivity index (χ1v) is 7.57. The van der Waals surface area contributed by atoms with Crippen LogP contribution in [0.15, 0.2) is 27.8 Å². The molecule has 0 saturated carbocycles. The van der Waals surface area contributed by atoms with E-state index in [1.54, 1.807) is 18.0 Å². The number of carbonyl (C=O) groups is 1. The molecule has 0 spiro atoms. The van der Waals surface area contributed by atoms with E-state index in [9.17, 15) is 4.79 Å². The largest absolute Gasteiger partial charge is 0.464 e. The summed E-state index contributed by atoms with van der Waals surface area (Å²) in [6.45, 7) is 4.88. The van der Waals surface area contributed by atoms with Gasteiger partial charge in [0.25, 0.3) is 0 Å². The van der Waals surface area contributed by atoms with Crippen molar-refractivity contribution in [1.29, 1.82) is 0 Å². The van der Waals surface area contributed by atoms with Crippen LogP contribution in [0.2, 0.25) is 0 Å². The van der Waals surface area contributed by atoms with Crippen molar-refractivity contribution in [3.8, 4) is 0 Å². The minimum absolute atomic E-state index is 0.0425. The molecule has 3 rings (SSSR count). The normalized spacial score (nSPS) is 14.6. The third-order valence-electron chi connectivity index (χ3n) is 3.52. The van der Waals surface area contributed by atoms with E-state index in [4.69, 9.17) is 4.42 Å². The van der Waals surface area contributed by atoms with Gasteiger partial charge in [0.05, 0.1) is 19.2 Å². The number of fused-ring (bicyclic) bond motifs is 1. The Morgan fingerprint density at radius 2 is 2.30 bits per heavy atom. The molecule has 1 aliphatic heterocycles. The summed E-state index contributed by atoms with van der Waals surface area (Å²) in [4.78, 5) is 16.2. The van der Waals surface area contributed by atoms with Crippen LogP contribution in [0.5, 0.6) is 0 Å². The molecule has 20 heavy (non-hydrogen) atoms. The highest BCUT2D eigenvalue weighted by Gasteiger charge is 2.15. The van der Waals surface area contributed by atoms with Gasteiger partial charge in [0.2, 0.25) is 5.91 Å². The second-order valence-corrected chi connectivity index (χ2v) is 5.99. The molecule has 0 radical (unpaired) electrons. The van der Waals surface area contributed by atoms with Gasteiger partial charge in [-0.15, -0.1) is 0 Å². The molecule has 1 aliphatic rings. The Balaban J connectivity index is 1.81. The first-order chi connectivity index (χ1) is 9.65. The molecule has 0 unspecified atom stereocenters. The number of amidine groups is 1. The standard InChI is InChI=1S/C15H16N2O2S/c1-9-3-4-12-11(8-19-14(12)10(9)2)7-13(18)17-15-16-5-6-20-15/h3-4,8H,5-7H2,1-2H3,(H,16,17,18). The minimum atomic E-state index is -0.0425. The van der Waals surface area contributed by atoms with Crippen molar-refractivity contribution in [1.82, 2.24) is 5.32 Å².